The van der Waals surface area contributed by atoms with E-state index >= 15 is 0 Å². The van der Waals surface area contributed by atoms with Crippen molar-refractivity contribution in [1.29, 1.82) is 0 Å². The highest BCUT2D eigenvalue weighted by atomic mass is 32.2. The maximum Gasteiger partial charge on any atom is 0.485 e. The Morgan fingerprint density at radius 2 is 1.83 bits per heavy atom. The van der Waals surface area contributed by atoms with Crippen LogP contribution >= 0.6 is 0 Å². The quantitative estimate of drug-likeness (QED) is 0.252. The molecule has 0 fully saturated rings. The second kappa shape index (κ2) is 8.16. The van der Waals surface area contributed by atoms with Gasteiger partial charge in [-0.1, -0.05) is 19.6 Å². The second-order valence-corrected chi connectivity index (χ2v) is 11.4. The van der Waals surface area contributed by atoms with Crippen molar-refractivity contribution < 1.29 is 30.7 Å². The zero-order chi connectivity index (χ0) is 18.3. The molecule has 0 amide bonds. The molecule has 1 aromatic rings. The Kier molecular flexibility index (Phi) is 7.51. The summed E-state index contributed by atoms with van der Waals surface area (Å²) in [4.78, 5) is 0. The standard InChI is InChI=1S/C13H16NSi.CHF3O3S/c1-5-10-14-11-7-6-8-13(14)9-12-15(2,3)4;2-1(3,4)8(5,6)7/h1,6-8,11H,10H2,2-4H3;(H,5,6,7)/q+1;/p-1. The molecule has 0 unspecified atom stereocenters. The van der Waals surface area contributed by atoms with Gasteiger partial charge in [0.2, 0.25) is 6.54 Å². The third kappa shape index (κ3) is 9.03. The molecule has 4 nitrogen and oxygen atoms in total. The maximum absolute atomic E-state index is 10.7. The number of terminal acetylenes is 1. The van der Waals surface area contributed by atoms with Gasteiger partial charge in [-0.25, -0.2) is 8.42 Å². The number of aromatic nitrogens is 1. The predicted octanol–water partition coefficient (Wildman–Crippen LogP) is 1.89. The molecular formula is C14H16F3NO3SSi. The van der Waals surface area contributed by atoms with Gasteiger partial charge in [0, 0.05) is 12.1 Å². The van der Waals surface area contributed by atoms with Gasteiger partial charge in [-0.3, -0.25) is 0 Å². The first-order valence-corrected chi connectivity index (χ1v) is 11.2. The summed E-state index contributed by atoms with van der Waals surface area (Å²) in [6.45, 7) is 7.27. The van der Waals surface area contributed by atoms with Crippen LogP contribution in [0.15, 0.2) is 24.4 Å². The molecule has 1 aromatic heterocycles. The van der Waals surface area contributed by atoms with E-state index in [-0.39, 0.29) is 0 Å². The highest BCUT2D eigenvalue weighted by Crippen LogP contribution is 2.20. The number of halogens is 3. The lowest BCUT2D eigenvalue weighted by atomic mass is 10.3. The lowest BCUT2D eigenvalue weighted by molar-refractivity contribution is -0.687. The van der Waals surface area contributed by atoms with E-state index in [1.54, 1.807) is 0 Å². The first-order valence-electron chi connectivity index (χ1n) is 6.25. The molecule has 1 rings (SSSR count). The van der Waals surface area contributed by atoms with Crippen LogP contribution in [0.2, 0.25) is 19.6 Å². The maximum atomic E-state index is 10.7. The van der Waals surface area contributed by atoms with Gasteiger partial charge in [-0.15, -0.1) is 12.0 Å². The van der Waals surface area contributed by atoms with Crippen molar-refractivity contribution in [2.24, 2.45) is 0 Å². The Morgan fingerprint density at radius 3 is 2.22 bits per heavy atom. The van der Waals surface area contributed by atoms with Crippen molar-refractivity contribution >= 4 is 18.2 Å². The molecule has 0 aliphatic heterocycles. The van der Waals surface area contributed by atoms with Crippen molar-refractivity contribution in [2.45, 2.75) is 31.7 Å². The first kappa shape index (κ1) is 21.2. The smallest absolute Gasteiger partial charge is 0.485 e. The summed E-state index contributed by atoms with van der Waals surface area (Å²) in [5, 5.41) is 0. The Bertz CT molecular complexity index is 735. The summed E-state index contributed by atoms with van der Waals surface area (Å²) in [7, 11) is -7.40. The Hall–Kier alpha value is -1.81. The molecule has 0 spiro atoms. The molecule has 0 aromatic carbocycles. The summed E-state index contributed by atoms with van der Waals surface area (Å²) < 4.78 is 60.9. The molecule has 0 saturated heterocycles. The topological polar surface area (TPSA) is 61.1 Å². The fourth-order valence-corrected chi connectivity index (χ4v) is 1.58. The predicted molar refractivity (Wildman–Crippen MR) is 81.4 cm³/mol. The van der Waals surface area contributed by atoms with Gasteiger partial charge in [0.15, 0.2) is 16.3 Å². The lowest BCUT2D eigenvalue weighted by Gasteiger charge is -2.08. The van der Waals surface area contributed by atoms with Gasteiger partial charge in [0.05, 0.1) is 0 Å². The van der Waals surface area contributed by atoms with Gasteiger partial charge in [-0.2, -0.15) is 17.7 Å². The molecular weight excluding hydrogens is 347 g/mol. The van der Waals surface area contributed by atoms with Crippen LogP contribution < -0.4 is 4.57 Å². The van der Waals surface area contributed by atoms with E-state index in [4.69, 9.17) is 19.4 Å². The zero-order valence-electron chi connectivity index (χ0n) is 12.8. The Morgan fingerprint density at radius 1 is 1.30 bits per heavy atom. The molecule has 9 heteroatoms. The third-order valence-electron chi connectivity index (χ3n) is 2.05. The summed E-state index contributed by atoms with van der Waals surface area (Å²) in [6.07, 6.45) is 7.27. The van der Waals surface area contributed by atoms with E-state index in [0.29, 0.717) is 6.54 Å². The van der Waals surface area contributed by atoms with Crippen LogP contribution in [0.5, 0.6) is 0 Å². The minimum absolute atomic E-state index is 0.580. The SMILES string of the molecule is C#CC[n+]1ccccc1C#C[Si](C)(C)C.O=S(=O)([O-])C(F)(F)F. The molecule has 1 heterocycles. The number of rotatable bonds is 1. The highest BCUT2D eigenvalue weighted by molar-refractivity contribution is 7.86. The van der Waals surface area contributed by atoms with Crippen molar-refractivity contribution in [1.82, 2.24) is 0 Å². The Balaban J connectivity index is 0.000000515. The third-order valence-corrected chi connectivity index (χ3v) is 3.49. The van der Waals surface area contributed by atoms with Crippen LogP contribution in [-0.4, -0.2) is 26.6 Å². The zero-order valence-corrected chi connectivity index (χ0v) is 14.6. The van der Waals surface area contributed by atoms with E-state index in [0.717, 1.165) is 5.69 Å². The molecule has 0 bridgehead atoms. The van der Waals surface area contributed by atoms with Crippen molar-refractivity contribution in [3.05, 3.63) is 30.1 Å². The van der Waals surface area contributed by atoms with Gasteiger partial charge >= 0.3 is 5.51 Å². The highest BCUT2D eigenvalue weighted by Gasteiger charge is 2.36. The summed E-state index contributed by atoms with van der Waals surface area (Å²) in [5.74, 6) is 5.85. The largest absolute Gasteiger partial charge is 0.741 e. The van der Waals surface area contributed by atoms with Crippen LogP contribution in [0, 0.1) is 23.8 Å². The molecule has 0 saturated carbocycles. The number of alkyl halides is 3. The van der Waals surface area contributed by atoms with E-state index in [9.17, 15) is 13.2 Å². The molecule has 0 aliphatic carbocycles. The summed E-state index contributed by atoms with van der Waals surface area (Å²) in [5.41, 5.74) is -1.31. The second-order valence-electron chi connectivity index (χ2n) is 5.32. The fraction of sp³-hybridized carbons (Fsp3) is 0.357. The van der Waals surface area contributed by atoms with E-state index in [1.165, 1.54) is 0 Å². The molecule has 0 N–H and O–H groups in total. The van der Waals surface area contributed by atoms with Gasteiger partial charge in [0.25, 0.3) is 5.69 Å². The molecule has 23 heavy (non-hydrogen) atoms. The minimum Gasteiger partial charge on any atom is -0.741 e. The Labute approximate surface area is 135 Å². The number of pyridine rings is 1. The average Bonchev–Trinajstić information content (AvgIpc) is 2.35. The summed E-state index contributed by atoms with van der Waals surface area (Å²) >= 11 is 0. The summed E-state index contributed by atoms with van der Waals surface area (Å²) in [6, 6.07) is 5.96. The first-order chi connectivity index (χ1) is 10.3. The molecule has 0 radical (unpaired) electrons. The fourth-order valence-electron chi connectivity index (χ4n) is 1.08. The van der Waals surface area contributed by atoms with Gasteiger partial charge in [0.1, 0.15) is 8.07 Å². The van der Waals surface area contributed by atoms with Gasteiger partial charge in [-0.05, 0) is 17.9 Å². The number of nitrogens with zero attached hydrogens (tertiary/aromatic N) is 1. The van der Waals surface area contributed by atoms with Crippen LogP contribution in [0.1, 0.15) is 5.69 Å². The normalized spacial score (nSPS) is 11.4. The van der Waals surface area contributed by atoms with Crippen molar-refractivity contribution in [3.8, 4) is 23.8 Å². The van der Waals surface area contributed by atoms with Crippen LogP contribution in [0.4, 0.5) is 13.2 Å². The van der Waals surface area contributed by atoms with E-state index in [2.05, 4.69) is 37.0 Å². The van der Waals surface area contributed by atoms with Crippen LogP contribution in [-0.2, 0) is 16.7 Å². The van der Waals surface area contributed by atoms with Crippen molar-refractivity contribution in [2.75, 3.05) is 0 Å². The lowest BCUT2D eigenvalue weighted by Crippen LogP contribution is -2.36. The molecule has 126 valence electrons. The minimum atomic E-state index is -6.09. The molecule has 0 atom stereocenters. The van der Waals surface area contributed by atoms with Crippen molar-refractivity contribution in [3.63, 3.8) is 0 Å². The average molecular weight is 363 g/mol. The van der Waals surface area contributed by atoms with Crippen LogP contribution in [0.3, 0.4) is 0 Å². The van der Waals surface area contributed by atoms with Crippen LogP contribution in [0.25, 0.3) is 0 Å². The molecule has 0 aliphatic rings. The monoisotopic (exact) mass is 363 g/mol. The number of hydrogen-bond acceptors (Lipinski definition) is 3. The number of hydrogen-bond donors (Lipinski definition) is 0. The van der Waals surface area contributed by atoms with E-state index in [1.807, 2.05) is 29.0 Å². The van der Waals surface area contributed by atoms with E-state index < -0.39 is 23.7 Å². The van der Waals surface area contributed by atoms with Gasteiger partial charge < -0.3 is 4.55 Å².